The molecular formula is C41H74N8O11. The van der Waals surface area contributed by atoms with E-state index in [-0.39, 0.29) is 18.8 Å². The predicted octanol–water partition coefficient (Wildman–Crippen LogP) is -0.151. The lowest BCUT2D eigenvalue weighted by Crippen LogP contribution is -2.60. The fourth-order valence-corrected chi connectivity index (χ4v) is 6.17. The van der Waals surface area contributed by atoms with Gasteiger partial charge in [-0.3, -0.25) is 43.2 Å². The van der Waals surface area contributed by atoms with Crippen molar-refractivity contribution in [2.75, 3.05) is 27.2 Å². The minimum atomic E-state index is -1.52. The second-order valence-corrected chi connectivity index (χ2v) is 15.8. The molecule has 344 valence electrons. The molecule has 0 radical (unpaired) electrons. The van der Waals surface area contributed by atoms with Gasteiger partial charge in [0.2, 0.25) is 47.1 Å². The van der Waals surface area contributed by atoms with Crippen molar-refractivity contribution in [3.05, 3.63) is 0 Å². The molecule has 0 saturated carbocycles. The number of nitrogens with zero attached hydrogens (tertiary/aromatic N) is 1. The molecule has 0 aliphatic heterocycles. The number of hydrogen-bond acceptors (Lipinski definition) is 11. The fourth-order valence-electron chi connectivity index (χ4n) is 6.17. The maximum absolute atomic E-state index is 13.3. The Balaban J connectivity index is 5.07. The van der Waals surface area contributed by atoms with Gasteiger partial charge >= 0.3 is 0 Å². The third-order valence-corrected chi connectivity index (χ3v) is 9.84. The van der Waals surface area contributed by atoms with Gasteiger partial charge in [-0.1, -0.05) is 85.0 Å². The Morgan fingerprint density at radius 2 is 1.07 bits per heavy atom. The average Bonchev–Trinajstić information content (AvgIpc) is 3.19. The zero-order valence-corrected chi connectivity index (χ0v) is 37.2. The van der Waals surface area contributed by atoms with Crippen molar-refractivity contribution in [2.24, 2.45) is 5.92 Å². The van der Waals surface area contributed by atoms with E-state index in [4.69, 9.17) is 0 Å². The van der Waals surface area contributed by atoms with Gasteiger partial charge in [-0.25, -0.2) is 0 Å². The Labute approximate surface area is 355 Å². The highest BCUT2D eigenvalue weighted by Gasteiger charge is 2.34. The molecule has 0 spiro atoms. The molecular weight excluding hydrogens is 780 g/mol. The number of carbonyl (C=O) groups excluding carboxylic acids is 9. The smallest absolute Gasteiger partial charge is 0.289 e. The van der Waals surface area contributed by atoms with Crippen LogP contribution >= 0.6 is 0 Å². The Morgan fingerprint density at radius 3 is 1.57 bits per heavy atom. The lowest BCUT2D eigenvalue weighted by molar-refractivity contribution is -0.144. The van der Waals surface area contributed by atoms with E-state index in [1.165, 1.54) is 86.7 Å². The number of aliphatic hydroxyl groups is 2. The summed E-state index contributed by atoms with van der Waals surface area (Å²) >= 11 is 0. The highest BCUT2D eigenvalue weighted by atomic mass is 16.3. The molecule has 0 saturated heterocycles. The molecule has 0 aromatic heterocycles. The lowest BCUT2D eigenvalue weighted by Gasteiger charge is -2.31. The van der Waals surface area contributed by atoms with Crippen LogP contribution in [0.1, 0.15) is 132 Å². The molecule has 0 aliphatic carbocycles. The van der Waals surface area contributed by atoms with Gasteiger partial charge in [0.05, 0.1) is 25.3 Å². The number of Topliss-reactive ketones (excluding diaryl/α,β-unsaturated/α-hetero) is 1. The van der Waals surface area contributed by atoms with Crippen molar-refractivity contribution >= 4 is 53.0 Å². The number of ketones is 1. The highest BCUT2D eigenvalue weighted by molar-refractivity contribution is 6.38. The average molecular weight is 855 g/mol. The maximum atomic E-state index is 13.3. The molecule has 0 rings (SSSR count). The van der Waals surface area contributed by atoms with Gasteiger partial charge in [0.1, 0.15) is 30.2 Å². The van der Waals surface area contributed by atoms with E-state index < -0.39 is 109 Å². The van der Waals surface area contributed by atoms with Crippen LogP contribution in [0.5, 0.6) is 0 Å². The molecule has 8 amide bonds. The normalized spacial score (nSPS) is 14.5. The topological polar surface area (TPSA) is 282 Å². The number of hydrogen-bond donors (Lipinski definition) is 9. The third kappa shape index (κ3) is 22.1. The van der Waals surface area contributed by atoms with Gasteiger partial charge in [-0.2, -0.15) is 0 Å². The third-order valence-electron chi connectivity index (χ3n) is 9.84. The van der Waals surface area contributed by atoms with Gasteiger partial charge in [0.15, 0.2) is 0 Å². The van der Waals surface area contributed by atoms with Crippen LogP contribution in [0.3, 0.4) is 0 Å². The van der Waals surface area contributed by atoms with Crippen LogP contribution in [0, 0.1) is 5.92 Å². The Morgan fingerprint density at radius 1 is 0.583 bits per heavy atom. The van der Waals surface area contributed by atoms with Crippen molar-refractivity contribution in [3.8, 4) is 0 Å². The second-order valence-electron chi connectivity index (χ2n) is 15.8. The van der Waals surface area contributed by atoms with Gasteiger partial charge in [-0.05, 0) is 46.5 Å². The number of nitrogens with one attached hydrogen (secondary N) is 7. The Kier molecular flexibility index (Phi) is 28.0. The zero-order chi connectivity index (χ0) is 45.9. The van der Waals surface area contributed by atoms with Gasteiger partial charge in [0.25, 0.3) is 5.91 Å². The summed E-state index contributed by atoms with van der Waals surface area (Å²) in [5.41, 5.74) is 0. The molecule has 0 bridgehead atoms. The highest BCUT2D eigenvalue weighted by Crippen LogP contribution is 2.12. The van der Waals surface area contributed by atoms with Crippen molar-refractivity contribution in [2.45, 2.75) is 174 Å². The molecule has 0 aromatic carbocycles. The van der Waals surface area contributed by atoms with Crippen LogP contribution in [0.25, 0.3) is 0 Å². The minimum Gasteiger partial charge on any atom is -0.394 e. The number of aliphatic hydroxyl groups excluding tert-OH is 2. The fraction of sp³-hybridized carbons (Fsp3) is 0.780. The van der Waals surface area contributed by atoms with Crippen molar-refractivity contribution in [1.82, 2.24) is 42.1 Å². The van der Waals surface area contributed by atoms with E-state index in [0.717, 1.165) is 24.2 Å². The quantitative estimate of drug-likeness (QED) is 0.0327. The SMILES string of the molecule is CCCCCCCCCCCCCC(=O)N[C@H](CO)C(=O)N[C@H](C)C(=O)NCC(=O)N(C)[C@H](C(=O)N[C@@H](C)C(=O)N[C@@H](CC(C)C)C(=O)NC(C)C(=O)C(=O)NC)C(C)O. The second kappa shape index (κ2) is 30.4. The predicted molar refractivity (Wildman–Crippen MR) is 225 cm³/mol. The molecule has 2 unspecified atom stereocenters. The maximum Gasteiger partial charge on any atom is 0.289 e. The molecule has 9 N–H and O–H groups in total. The van der Waals surface area contributed by atoms with E-state index >= 15 is 0 Å². The van der Waals surface area contributed by atoms with Crippen molar-refractivity contribution in [3.63, 3.8) is 0 Å². The lowest BCUT2D eigenvalue weighted by atomic mass is 10.0. The number of carbonyl (C=O) groups is 9. The standard InChI is InChI=1S/C41H74N8O11/c1-10-11-12-13-14-15-16-17-18-19-20-21-32(52)47-31(24-50)39(58)45-27(5)36(55)43-23-33(53)49(9)34(29(7)51)40(59)46-28(6)37(56)48-30(22-25(2)3)38(57)44-26(4)35(54)41(60)42-8/h25-31,34,50-51H,10-24H2,1-9H3,(H,42,60)(H,43,55)(H,44,57)(H,45,58)(H,46,59)(H,47,52)(H,48,56)/t26?,27-,28+,29?,30+,31-,34+/m1/s1. The van der Waals surface area contributed by atoms with Crippen LogP contribution < -0.4 is 37.2 Å². The van der Waals surface area contributed by atoms with Gasteiger partial charge in [-0.15, -0.1) is 0 Å². The first-order chi connectivity index (χ1) is 28.2. The Hall–Kier alpha value is -4.65. The van der Waals surface area contributed by atoms with Crippen molar-refractivity contribution in [1.29, 1.82) is 0 Å². The van der Waals surface area contributed by atoms with E-state index in [0.29, 0.717) is 6.42 Å². The van der Waals surface area contributed by atoms with E-state index in [1.54, 1.807) is 13.8 Å². The summed E-state index contributed by atoms with van der Waals surface area (Å²) in [6, 6.07) is -7.59. The van der Waals surface area contributed by atoms with Crippen LogP contribution in [-0.4, -0.2) is 138 Å². The molecule has 19 nitrogen and oxygen atoms in total. The summed E-state index contributed by atoms with van der Waals surface area (Å²) < 4.78 is 0. The molecule has 0 aromatic rings. The summed E-state index contributed by atoms with van der Waals surface area (Å²) in [7, 11) is 2.47. The number of amides is 8. The monoisotopic (exact) mass is 855 g/mol. The Bertz CT molecular complexity index is 1410. The zero-order valence-electron chi connectivity index (χ0n) is 37.2. The number of rotatable bonds is 31. The number of unbranched alkanes of at least 4 members (excludes halogenated alkanes) is 10. The first kappa shape index (κ1) is 55.4. The largest absolute Gasteiger partial charge is 0.394 e. The molecule has 0 aliphatic rings. The molecule has 0 fully saturated rings. The summed E-state index contributed by atoms with van der Waals surface area (Å²) in [6.45, 7) is 9.66. The molecule has 19 heteroatoms. The summed E-state index contributed by atoms with van der Waals surface area (Å²) in [5.74, 6) is -7.12. The summed E-state index contributed by atoms with van der Waals surface area (Å²) in [6.07, 6.45) is 11.2. The summed E-state index contributed by atoms with van der Waals surface area (Å²) in [4.78, 5) is 115. The summed E-state index contributed by atoms with van der Waals surface area (Å²) in [5, 5.41) is 36.9. The van der Waals surface area contributed by atoms with E-state index in [2.05, 4.69) is 44.1 Å². The first-order valence-corrected chi connectivity index (χ1v) is 21.3. The minimum absolute atomic E-state index is 0.0890. The van der Waals surface area contributed by atoms with Crippen LogP contribution in [0.4, 0.5) is 0 Å². The van der Waals surface area contributed by atoms with E-state index in [1.807, 2.05) is 0 Å². The number of likely N-dealkylation sites (N-methyl/N-ethyl adjacent to an activating group) is 2. The van der Waals surface area contributed by atoms with Crippen LogP contribution in [-0.2, 0) is 43.2 Å². The van der Waals surface area contributed by atoms with Crippen LogP contribution in [0.2, 0.25) is 0 Å². The molecule has 60 heavy (non-hydrogen) atoms. The van der Waals surface area contributed by atoms with Crippen molar-refractivity contribution < 1.29 is 53.4 Å². The van der Waals surface area contributed by atoms with Gasteiger partial charge in [0, 0.05) is 20.5 Å². The first-order valence-electron chi connectivity index (χ1n) is 21.3. The molecule has 7 atom stereocenters. The van der Waals surface area contributed by atoms with Gasteiger partial charge < -0.3 is 52.3 Å². The van der Waals surface area contributed by atoms with Crippen LogP contribution in [0.15, 0.2) is 0 Å². The van der Waals surface area contributed by atoms with E-state index in [9.17, 15) is 53.4 Å². The molecule has 0 heterocycles.